The van der Waals surface area contributed by atoms with E-state index >= 15 is 0 Å². The fraction of sp³-hybridized carbons (Fsp3) is 0.179. The van der Waals surface area contributed by atoms with E-state index in [1.165, 1.54) is 0 Å². The molecule has 0 aliphatic rings. The molecule has 0 aliphatic carbocycles. The number of methoxy groups -OCH3 is 2. The number of hydrazone groups is 1. The topological polar surface area (TPSA) is 77.7 Å². The molecule has 0 saturated heterocycles. The number of benzene rings is 3. The zero-order valence-electron chi connectivity index (χ0n) is 20.1. The highest BCUT2D eigenvalue weighted by atomic mass is 16.5. The van der Waals surface area contributed by atoms with Crippen LogP contribution in [0.4, 0.5) is 0 Å². The molecular formula is C28H28N4O3. The van der Waals surface area contributed by atoms with E-state index in [0.717, 1.165) is 28.1 Å². The van der Waals surface area contributed by atoms with Crippen molar-refractivity contribution in [2.24, 2.45) is 5.10 Å². The van der Waals surface area contributed by atoms with Crippen molar-refractivity contribution in [1.29, 1.82) is 0 Å². The molecule has 0 saturated carbocycles. The Balaban J connectivity index is 1.48. The number of amides is 1. The zero-order chi connectivity index (χ0) is 24.6. The van der Waals surface area contributed by atoms with E-state index in [4.69, 9.17) is 9.47 Å². The molecule has 0 bridgehead atoms. The number of rotatable bonds is 9. The quantitative estimate of drug-likeness (QED) is 0.272. The Bertz CT molecular complexity index is 1310. The summed E-state index contributed by atoms with van der Waals surface area (Å²) in [7, 11) is 3.17. The van der Waals surface area contributed by atoms with E-state index in [9.17, 15) is 4.79 Å². The van der Waals surface area contributed by atoms with Gasteiger partial charge in [0.15, 0.2) is 11.5 Å². The van der Waals surface area contributed by atoms with E-state index in [-0.39, 0.29) is 12.3 Å². The van der Waals surface area contributed by atoms with Gasteiger partial charge in [-0.15, -0.1) is 0 Å². The van der Waals surface area contributed by atoms with Crippen LogP contribution in [-0.4, -0.2) is 35.4 Å². The van der Waals surface area contributed by atoms with Gasteiger partial charge >= 0.3 is 0 Å². The van der Waals surface area contributed by atoms with E-state index in [1.807, 2.05) is 78.2 Å². The third-order valence-electron chi connectivity index (χ3n) is 5.66. The van der Waals surface area contributed by atoms with Crippen LogP contribution in [0.1, 0.15) is 18.9 Å². The Morgan fingerprint density at radius 1 is 0.914 bits per heavy atom. The largest absolute Gasteiger partial charge is 0.493 e. The summed E-state index contributed by atoms with van der Waals surface area (Å²) in [6, 6.07) is 25.6. The van der Waals surface area contributed by atoms with Crippen LogP contribution >= 0.6 is 0 Å². The zero-order valence-corrected chi connectivity index (χ0v) is 20.1. The molecule has 4 aromatic rings. The lowest BCUT2D eigenvalue weighted by atomic mass is 10.0. The first kappa shape index (κ1) is 23.8. The summed E-state index contributed by atoms with van der Waals surface area (Å²) in [6.07, 6.45) is 2.04. The average Bonchev–Trinajstić information content (AvgIpc) is 3.35. The maximum absolute atomic E-state index is 12.6. The molecule has 0 spiro atoms. The minimum Gasteiger partial charge on any atom is -0.493 e. The lowest BCUT2D eigenvalue weighted by Crippen LogP contribution is -2.21. The summed E-state index contributed by atoms with van der Waals surface area (Å²) in [5.74, 6) is 1.06. The number of ether oxygens (including phenoxy) is 2. The molecular weight excluding hydrogens is 440 g/mol. The monoisotopic (exact) mass is 468 g/mol. The molecule has 7 nitrogen and oxygen atoms in total. The normalized spacial score (nSPS) is 11.2. The Hall–Kier alpha value is -4.39. The number of carbonyl (C=O) groups excluding carboxylic acids is 1. The van der Waals surface area contributed by atoms with Crippen molar-refractivity contribution in [2.45, 2.75) is 19.9 Å². The van der Waals surface area contributed by atoms with Crippen molar-refractivity contribution in [1.82, 2.24) is 15.0 Å². The molecule has 35 heavy (non-hydrogen) atoms. The van der Waals surface area contributed by atoms with Gasteiger partial charge in [0, 0.05) is 29.7 Å². The van der Waals surface area contributed by atoms with E-state index in [0.29, 0.717) is 23.8 Å². The highest BCUT2D eigenvalue weighted by molar-refractivity contribution is 5.99. The summed E-state index contributed by atoms with van der Waals surface area (Å²) in [5, 5.41) is 4.27. The summed E-state index contributed by atoms with van der Waals surface area (Å²) in [5.41, 5.74) is 8.10. The number of aryl methyl sites for hydroxylation is 1. The van der Waals surface area contributed by atoms with Crippen LogP contribution in [0.5, 0.6) is 11.5 Å². The molecule has 1 amide bonds. The first-order chi connectivity index (χ1) is 17.1. The molecule has 3 aromatic carbocycles. The van der Waals surface area contributed by atoms with Crippen molar-refractivity contribution in [3.8, 4) is 34.0 Å². The van der Waals surface area contributed by atoms with Crippen LogP contribution in [-0.2, 0) is 11.3 Å². The molecule has 0 radical (unpaired) electrons. The van der Waals surface area contributed by atoms with Crippen LogP contribution in [0, 0.1) is 0 Å². The Kier molecular flexibility index (Phi) is 7.57. The van der Waals surface area contributed by atoms with Gasteiger partial charge in [0.05, 0.1) is 37.6 Å². The Labute approximate surface area is 205 Å². The average molecular weight is 469 g/mol. The third kappa shape index (κ3) is 5.58. The second kappa shape index (κ2) is 11.2. The number of hydrogen-bond acceptors (Lipinski definition) is 5. The molecule has 0 atom stereocenters. The fourth-order valence-electron chi connectivity index (χ4n) is 3.81. The van der Waals surface area contributed by atoms with E-state index in [2.05, 4.69) is 27.6 Å². The fourth-order valence-corrected chi connectivity index (χ4v) is 3.81. The lowest BCUT2D eigenvalue weighted by molar-refractivity contribution is -0.121. The number of imidazole rings is 1. The van der Waals surface area contributed by atoms with E-state index in [1.54, 1.807) is 20.5 Å². The molecule has 1 N–H and O–H groups in total. The van der Waals surface area contributed by atoms with Crippen molar-refractivity contribution in [3.63, 3.8) is 0 Å². The van der Waals surface area contributed by atoms with Gasteiger partial charge in [-0.2, -0.15) is 5.10 Å². The smallest absolute Gasteiger partial charge is 0.241 e. The molecule has 0 aliphatic heterocycles. The SMILES string of the molecule is COc1ccc(/C(C)=N/NC(=O)CCn2cnc(-c3ccccc3)c2-c2ccccc2)cc1OC. The van der Waals surface area contributed by atoms with E-state index < -0.39 is 0 Å². The summed E-state index contributed by atoms with van der Waals surface area (Å²) in [6.45, 7) is 2.30. The maximum atomic E-state index is 12.6. The predicted octanol–water partition coefficient (Wildman–Crippen LogP) is 5.16. The summed E-state index contributed by atoms with van der Waals surface area (Å²) < 4.78 is 12.6. The number of carbonyl (C=O) groups is 1. The first-order valence-corrected chi connectivity index (χ1v) is 11.3. The lowest BCUT2D eigenvalue weighted by Gasteiger charge is -2.11. The maximum Gasteiger partial charge on any atom is 0.241 e. The van der Waals surface area contributed by atoms with Crippen LogP contribution in [0.15, 0.2) is 90.3 Å². The van der Waals surface area contributed by atoms with Gasteiger partial charge in [0.25, 0.3) is 0 Å². The van der Waals surface area contributed by atoms with Gasteiger partial charge in [-0.3, -0.25) is 4.79 Å². The number of aromatic nitrogens is 2. The van der Waals surface area contributed by atoms with Crippen LogP contribution in [0.2, 0.25) is 0 Å². The number of nitrogens with one attached hydrogen (secondary N) is 1. The van der Waals surface area contributed by atoms with Crippen LogP contribution in [0.25, 0.3) is 22.5 Å². The molecule has 0 fully saturated rings. The molecule has 1 aromatic heterocycles. The Morgan fingerprint density at radius 3 is 2.23 bits per heavy atom. The molecule has 178 valence electrons. The highest BCUT2D eigenvalue weighted by Gasteiger charge is 2.15. The molecule has 0 unspecified atom stereocenters. The second-order valence-corrected chi connectivity index (χ2v) is 7.92. The second-order valence-electron chi connectivity index (χ2n) is 7.92. The highest BCUT2D eigenvalue weighted by Crippen LogP contribution is 2.31. The van der Waals surface area contributed by atoms with Gasteiger partial charge in [-0.1, -0.05) is 60.7 Å². The van der Waals surface area contributed by atoms with Gasteiger partial charge in [0.1, 0.15) is 0 Å². The van der Waals surface area contributed by atoms with Gasteiger partial charge < -0.3 is 14.0 Å². The summed E-state index contributed by atoms with van der Waals surface area (Å²) >= 11 is 0. The number of nitrogens with zero attached hydrogens (tertiary/aromatic N) is 3. The van der Waals surface area contributed by atoms with Gasteiger partial charge in [-0.05, 0) is 25.1 Å². The molecule has 1 heterocycles. The Morgan fingerprint density at radius 2 is 1.57 bits per heavy atom. The van der Waals surface area contributed by atoms with Crippen LogP contribution < -0.4 is 14.9 Å². The minimum absolute atomic E-state index is 0.182. The first-order valence-electron chi connectivity index (χ1n) is 11.3. The van der Waals surface area contributed by atoms with Crippen LogP contribution in [0.3, 0.4) is 0 Å². The van der Waals surface area contributed by atoms with Crippen molar-refractivity contribution < 1.29 is 14.3 Å². The van der Waals surface area contributed by atoms with Crippen molar-refractivity contribution in [3.05, 3.63) is 90.8 Å². The third-order valence-corrected chi connectivity index (χ3v) is 5.66. The standard InChI is InChI=1S/C28H28N4O3/c1-20(23-14-15-24(34-2)25(18-23)35-3)30-31-26(33)16-17-32-19-29-27(21-10-6-4-7-11-21)28(32)22-12-8-5-9-13-22/h4-15,18-19H,16-17H2,1-3H3,(H,31,33)/b30-20+. The molecule has 4 rings (SSSR count). The van der Waals surface area contributed by atoms with Crippen molar-refractivity contribution >= 4 is 11.6 Å². The van der Waals surface area contributed by atoms with Crippen molar-refractivity contribution in [2.75, 3.05) is 14.2 Å². The number of hydrogen-bond donors (Lipinski definition) is 1. The van der Waals surface area contributed by atoms with Gasteiger partial charge in [0.2, 0.25) is 5.91 Å². The summed E-state index contributed by atoms with van der Waals surface area (Å²) in [4.78, 5) is 17.3. The molecule has 7 heteroatoms. The predicted molar refractivity (Wildman–Crippen MR) is 138 cm³/mol. The minimum atomic E-state index is -0.182. The van der Waals surface area contributed by atoms with Gasteiger partial charge in [-0.25, -0.2) is 10.4 Å².